The highest BCUT2D eigenvalue weighted by atomic mass is 16.5. The summed E-state index contributed by atoms with van der Waals surface area (Å²) in [6.45, 7) is -0.625. The number of likely N-dealkylation sites (N-methyl/N-ethyl adjacent to an activating group) is 2. The zero-order valence-electron chi connectivity index (χ0n) is 14.9. The molecule has 138 valence electrons. The lowest BCUT2D eigenvalue weighted by Crippen LogP contribution is -2.39. The van der Waals surface area contributed by atoms with Crippen molar-refractivity contribution in [1.29, 1.82) is 0 Å². The van der Waals surface area contributed by atoms with Crippen molar-refractivity contribution in [3.8, 4) is 17.2 Å². The van der Waals surface area contributed by atoms with E-state index in [1.54, 1.807) is 0 Å². The van der Waals surface area contributed by atoms with Gasteiger partial charge in [-0.15, -0.1) is 0 Å². The van der Waals surface area contributed by atoms with Crippen molar-refractivity contribution in [2.45, 2.75) is 0 Å². The summed E-state index contributed by atoms with van der Waals surface area (Å²) in [5, 5.41) is 2.40. The van der Waals surface area contributed by atoms with Crippen LogP contribution in [0.1, 0.15) is 10.4 Å². The molecule has 0 saturated carbocycles. The number of ether oxygens (including phenoxy) is 4. The van der Waals surface area contributed by atoms with E-state index in [9.17, 15) is 14.4 Å². The number of rotatable bonds is 8. The fourth-order valence-corrected chi connectivity index (χ4v) is 1.90. The van der Waals surface area contributed by atoms with Crippen LogP contribution >= 0.6 is 0 Å². The second kappa shape index (κ2) is 9.36. The molecule has 0 heterocycles. The van der Waals surface area contributed by atoms with Crippen LogP contribution in [0.15, 0.2) is 12.1 Å². The molecule has 0 saturated heterocycles. The third-order valence-electron chi connectivity index (χ3n) is 3.31. The summed E-state index contributed by atoms with van der Waals surface area (Å²) in [4.78, 5) is 36.4. The summed E-state index contributed by atoms with van der Waals surface area (Å²) in [5.41, 5.74) is 0.135. The van der Waals surface area contributed by atoms with Crippen molar-refractivity contribution in [3.63, 3.8) is 0 Å². The molecular formula is C16H22N2O7. The van der Waals surface area contributed by atoms with Gasteiger partial charge in [-0.05, 0) is 12.1 Å². The van der Waals surface area contributed by atoms with Gasteiger partial charge in [-0.25, -0.2) is 4.79 Å². The maximum Gasteiger partial charge on any atom is 0.338 e. The van der Waals surface area contributed by atoms with Gasteiger partial charge < -0.3 is 29.2 Å². The van der Waals surface area contributed by atoms with Gasteiger partial charge in [-0.3, -0.25) is 9.59 Å². The van der Waals surface area contributed by atoms with Crippen LogP contribution in [0.3, 0.4) is 0 Å². The molecule has 0 atom stereocenters. The molecule has 1 rings (SSSR count). The van der Waals surface area contributed by atoms with Gasteiger partial charge in [0, 0.05) is 14.1 Å². The third kappa shape index (κ3) is 5.27. The lowest BCUT2D eigenvalue weighted by molar-refractivity contribution is -0.137. The summed E-state index contributed by atoms with van der Waals surface area (Å²) in [7, 11) is 7.18. The number of esters is 1. The number of amides is 2. The Kier molecular flexibility index (Phi) is 7.51. The van der Waals surface area contributed by atoms with E-state index in [2.05, 4.69) is 5.32 Å². The molecule has 1 aromatic rings. The Morgan fingerprint density at radius 3 is 2.04 bits per heavy atom. The summed E-state index contributed by atoms with van der Waals surface area (Å²) >= 11 is 0. The summed E-state index contributed by atoms with van der Waals surface area (Å²) in [6, 6.07) is 2.84. The predicted octanol–water partition coefficient (Wildman–Crippen LogP) is 0.0736. The van der Waals surface area contributed by atoms with Crippen molar-refractivity contribution < 1.29 is 33.3 Å². The highest BCUT2D eigenvalue weighted by Crippen LogP contribution is 2.38. The first-order valence-corrected chi connectivity index (χ1v) is 7.29. The van der Waals surface area contributed by atoms with Crippen molar-refractivity contribution in [1.82, 2.24) is 10.2 Å². The topological polar surface area (TPSA) is 103 Å². The van der Waals surface area contributed by atoms with Crippen molar-refractivity contribution in [3.05, 3.63) is 17.7 Å². The molecular weight excluding hydrogens is 332 g/mol. The predicted molar refractivity (Wildman–Crippen MR) is 88.1 cm³/mol. The standard InChI is InChI=1S/C16H22N2O7/c1-17-13(19)8-18(2)14(20)9-25-16(21)10-6-11(22-3)15(24-5)12(7-10)23-4/h6-7H,8-9H2,1-5H3,(H,17,19). The molecule has 0 bridgehead atoms. The molecule has 1 N–H and O–H groups in total. The maximum atomic E-state index is 12.2. The van der Waals surface area contributed by atoms with Crippen LogP contribution in [0.4, 0.5) is 0 Å². The Hall–Kier alpha value is -2.97. The van der Waals surface area contributed by atoms with Gasteiger partial charge >= 0.3 is 5.97 Å². The SMILES string of the molecule is CNC(=O)CN(C)C(=O)COC(=O)c1cc(OC)c(OC)c(OC)c1. The Bertz CT molecular complexity index is 620. The number of nitrogens with zero attached hydrogens (tertiary/aromatic N) is 1. The molecule has 0 radical (unpaired) electrons. The van der Waals surface area contributed by atoms with Gasteiger partial charge in [0.15, 0.2) is 18.1 Å². The van der Waals surface area contributed by atoms with Crippen molar-refractivity contribution in [2.75, 3.05) is 48.6 Å². The first-order valence-electron chi connectivity index (χ1n) is 7.29. The van der Waals surface area contributed by atoms with Crippen LogP contribution in [0.25, 0.3) is 0 Å². The second-order valence-electron chi connectivity index (χ2n) is 4.91. The molecule has 1 aromatic carbocycles. The van der Waals surface area contributed by atoms with E-state index in [1.165, 1.54) is 47.6 Å². The fourth-order valence-electron chi connectivity index (χ4n) is 1.90. The van der Waals surface area contributed by atoms with E-state index in [1.807, 2.05) is 0 Å². The van der Waals surface area contributed by atoms with Gasteiger partial charge in [0.05, 0.1) is 33.4 Å². The van der Waals surface area contributed by atoms with Gasteiger partial charge in [-0.2, -0.15) is 0 Å². The van der Waals surface area contributed by atoms with E-state index in [4.69, 9.17) is 18.9 Å². The molecule has 0 unspecified atom stereocenters. The lowest BCUT2D eigenvalue weighted by Gasteiger charge is -2.16. The van der Waals surface area contributed by atoms with E-state index in [0.29, 0.717) is 5.75 Å². The number of carbonyl (C=O) groups is 3. The number of nitrogens with one attached hydrogen (secondary N) is 1. The molecule has 0 fully saturated rings. The van der Waals surface area contributed by atoms with Crippen molar-refractivity contribution in [2.24, 2.45) is 0 Å². The zero-order chi connectivity index (χ0) is 19.0. The van der Waals surface area contributed by atoms with Gasteiger partial charge in [-0.1, -0.05) is 0 Å². The molecule has 0 spiro atoms. The van der Waals surface area contributed by atoms with Gasteiger partial charge in [0.1, 0.15) is 0 Å². The van der Waals surface area contributed by atoms with Crippen LogP contribution in [-0.4, -0.2) is 71.3 Å². The number of hydrogen-bond donors (Lipinski definition) is 1. The van der Waals surface area contributed by atoms with E-state index < -0.39 is 18.5 Å². The van der Waals surface area contributed by atoms with Crippen molar-refractivity contribution >= 4 is 17.8 Å². The fraction of sp³-hybridized carbons (Fsp3) is 0.438. The summed E-state index contributed by atoms with van der Waals surface area (Å²) < 4.78 is 20.5. The number of methoxy groups -OCH3 is 3. The molecule has 25 heavy (non-hydrogen) atoms. The van der Waals surface area contributed by atoms with E-state index >= 15 is 0 Å². The van der Waals surface area contributed by atoms with Crippen LogP contribution in [0.2, 0.25) is 0 Å². The zero-order valence-corrected chi connectivity index (χ0v) is 14.9. The third-order valence-corrected chi connectivity index (χ3v) is 3.31. The second-order valence-corrected chi connectivity index (χ2v) is 4.91. The Labute approximate surface area is 145 Å². The molecule has 0 aromatic heterocycles. The first kappa shape index (κ1) is 20.1. The Morgan fingerprint density at radius 1 is 1.04 bits per heavy atom. The van der Waals surface area contributed by atoms with Crippen LogP contribution in [0.5, 0.6) is 17.2 Å². The quantitative estimate of drug-likeness (QED) is 0.659. The summed E-state index contributed by atoms with van der Waals surface area (Å²) in [6.07, 6.45) is 0. The lowest BCUT2D eigenvalue weighted by atomic mass is 10.2. The average molecular weight is 354 g/mol. The van der Waals surface area contributed by atoms with Gasteiger partial charge in [0.2, 0.25) is 11.7 Å². The molecule has 0 aliphatic carbocycles. The largest absolute Gasteiger partial charge is 0.493 e. The number of hydrogen-bond acceptors (Lipinski definition) is 7. The molecule has 9 nitrogen and oxygen atoms in total. The van der Waals surface area contributed by atoms with Gasteiger partial charge in [0.25, 0.3) is 5.91 Å². The monoisotopic (exact) mass is 354 g/mol. The van der Waals surface area contributed by atoms with Crippen LogP contribution in [0, 0.1) is 0 Å². The Balaban J connectivity index is 2.81. The first-order chi connectivity index (χ1) is 11.9. The maximum absolute atomic E-state index is 12.2. The molecule has 9 heteroatoms. The average Bonchev–Trinajstić information content (AvgIpc) is 2.63. The van der Waals surface area contributed by atoms with Crippen LogP contribution in [-0.2, 0) is 14.3 Å². The normalized spacial score (nSPS) is 9.80. The van der Waals surface area contributed by atoms with Crippen LogP contribution < -0.4 is 19.5 Å². The molecule has 2 amide bonds. The molecule has 0 aliphatic rings. The minimum atomic E-state index is -0.735. The van der Waals surface area contributed by atoms with E-state index in [-0.39, 0.29) is 29.5 Å². The highest BCUT2D eigenvalue weighted by molar-refractivity contribution is 5.93. The minimum Gasteiger partial charge on any atom is -0.493 e. The molecule has 0 aliphatic heterocycles. The van der Waals surface area contributed by atoms with E-state index in [0.717, 1.165) is 4.90 Å². The number of carbonyl (C=O) groups excluding carboxylic acids is 3. The Morgan fingerprint density at radius 2 is 1.60 bits per heavy atom. The summed E-state index contributed by atoms with van der Waals surface area (Å²) in [5.74, 6) is -0.659. The minimum absolute atomic E-state index is 0.128. The number of benzene rings is 1. The highest BCUT2D eigenvalue weighted by Gasteiger charge is 2.20. The smallest absolute Gasteiger partial charge is 0.338 e.